The maximum atomic E-state index is 10.6. The molecule has 21 heavy (non-hydrogen) atoms. The lowest BCUT2D eigenvalue weighted by molar-refractivity contribution is 0.0947. The standard InChI is InChI=1S/C17H19NO3/c1-11-4-9-16-15(10-11)18(19)17(12(2)21-16)13-5-7-14(20-3)8-6-13/h4-10,12,17,19H,1-3H3. The van der Waals surface area contributed by atoms with Crippen LogP contribution >= 0.6 is 0 Å². The summed E-state index contributed by atoms with van der Waals surface area (Å²) in [5.74, 6) is 1.50. The van der Waals surface area contributed by atoms with E-state index < -0.39 is 0 Å². The highest BCUT2D eigenvalue weighted by Crippen LogP contribution is 2.41. The van der Waals surface area contributed by atoms with E-state index in [2.05, 4.69) is 0 Å². The zero-order chi connectivity index (χ0) is 15.0. The van der Waals surface area contributed by atoms with Gasteiger partial charge in [-0.3, -0.25) is 5.21 Å². The maximum absolute atomic E-state index is 10.6. The van der Waals surface area contributed by atoms with Crippen molar-refractivity contribution in [3.8, 4) is 11.5 Å². The number of ether oxygens (including phenoxy) is 2. The summed E-state index contributed by atoms with van der Waals surface area (Å²) >= 11 is 0. The van der Waals surface area contributed by atoms with Gasteiger partial charge >= 0.3 is 0 Å². The Bertz CT molecular complexity index is 639. The van der Waals surface area contributed by atoms with E-state index in [1.54, 1.807) is 7.11 Å². The molecular weight excluding hydrogens is 266 g/mol. The molecule has 0 aliphatic carbocycles. The topological polar surface area (TPSA) is 41.9 Å². The Hall–Kier alpha value is -2.20. The van der Waals surface area contributed by atoms with Gasteiger partial charge in [-0.15, -0.1) is 0 Å². The van der Waals surface area contributed by atoms with Crippen LogP contribution in [0.3, 0.4) is 0 Å². The number of hydroxylamine groups is 1. The fraction of sp³-hybridized carbons (Fsp3) is 0.294. The molecule has 2 atom stereocenters. The van der Waals surface area contributed by atoms with Crippen LogP contribution in [0.1, 0.15) is 24.1 Å². The van der Waals surface area contributed by atoms with Crippen LogP contribution in [-0.4, -0.2) is 18.4 Å². The van der Waals surface area contributed by atoms with Crippen molar-refractivity contribution < 1.29 is 14.7 Å². The third-order valence-corrected chi connectivity index (χ3v) is 3.84. The molecule has 2 aromatic rings. The second-order valence-corrected chi connectivity index (χ2v) is 5.36. The fourth-order valence-electron chi connectivity index (χ4n) is 2.73. The summed E-state index contributed by atoms with van der Waals surface area (Å²) in [5, 5.41) is 11.9. The van der Waals surface area contributed by atoms with E-state index in [0.29, 0.717) is 11.4 Å². The first-order valence-corrected chi connectivity index (χ1v) is 6.99. The van der Waals surface area contributed by atoms with Crippen molar-refractivity contribution in [2.75, 3.05) is 12.2 Å². The molecule has 1 N–H and O–H groups in total. The summed E-state index contributed by atoms with van der Waals surface area (Å²) in [6, 6.07) is 13.2. The number of hydrogen-bond acceptors (Lipinski definition) is 4. The molecule has 0 saturated heterocycles. The van der Waals surface area contributed by atoms with Crippen LogP contribution in [0.15, 0.2) is 42.5 Å². The molecule has 4 nitrogen and oxygen atoms in total. The van der Waals surface area contributed by atoms with E-state index in [4.69, 9.17) is 9.47 Å². The summed E-state index contributed by atoms with van der Waals surface area (Å²) in [5.41, 5.74) is 2.77. The van der Waals surface area contributed by atoms with E-state index in [1.807, 2.05) is 56.3 Å². The van der Waals surface area contributed by atoms with Gasteiger partial charge in [-0.05, 0) is 49.2 Å². The molecule has 0 radical (unpaired) electrons. The van der Waals surface area contributed by atoms with Crippen molar-refractivity contribution in [2.45, 2.75) is 26.0 Å². The van der Waals surface area contributed by atoms with Crippen molar-refractivity contribution >= 4 is 5.69 Å². The van der Waals surface area contributed by atoms with Crippen LogP contribution in [0, 0.1) is 6.92 Å². The number of rotatable bonds is 2. The van der Waals surface area contributed by atoms with Gasteiger partial charge in [0.15, 0.2) is 0 Å². The average molecular weight is 285 g/mol. The first-order valence-electron chi connectivity index (χ1n) is 6.99. The Labute approximate surface area is 124 Å². The highest BCUT2D eigenvalue weighted by molar-refractivity contribution is 5.61. The summed E-state index contributed by atoms with van der Waals surface area (Å²) in [6.45, 7) is 3.95. The van der Waals surface area contributed by atoms with Crippen LogP contribution in [0.4, 0.5) is 5.69 Å². The minimum absolute atomic E-state index is 0.154. The van der Waals surface area contributed by atoms with E-state index in [-0.39, 0.29) is 12.1 Å². The van der Waals surface area contributed by atoms with Crippen LogP contribution < -0.4 is 14.5 Å². The SMILES string of the molecule is COc1ccc(C2C(C)Oc3ccc(C)cc3N2O)cc1. The molecule has 0 spiro atoms. The summed E-state index contributed by atoms with van der Waals surface area (Å²) in [7, 11) is 1.64. The predicted molar refractivity (Wildman–Crippen MR) is 81.3 cm³/mol. The molecule has 0 fully saturated rings. The van der Waals surface area contributed by atoms with Crippen LogP contribution in [0.2, 0.25) is 0 Å². The van der Waals surface area contributed by atoms with E-state index >= 15 is 0 Å². The molecule has 0 bridgehead atoms. The molecular formula is C17H19NO3. The zero-order valence-corrected chi connectivity index (χ0v) is 12.4. The van der Waals surface area contributed by atoms with E-state index in [9.17, 15) is 5.21 Å². The fourth-order valence-corrected chi connectivity index (χ4v) is 2.73. The molecule has 110 valence electrons. The summed E-state index contributed by atoms with van der Waals surface area (Å²) < 4.78 is 11.1. The molecule has 0 amide bonds. The lowest BCUT2D eigenvalue weighted by atomic mass is 9.99. The molecule has 1 aliphatic rings. The first-order chi connectivity index (χ1) is 10.1. The number of nitrogens with zero attached hydrogens (tertiary/aromatic N) is 1. The first kappa shape index (κ1) is 13.8. The van der Waals surface area contributed by atoms with Crippen LogP contribution in [0.5, 0.6) is 11.5 Å². The van der Waals surface area contributed by atoms with Gasteiger partial charge in [0.05, 0.1) is 7.11 Å². The number of anilines is 1. The largest absolute Gasteiger partial charge is 0.497 e. The third-order valence-electron chi connectivity index (χ3n) is 3.84. The number of fused-ring (bicyclic) bond motifs is 1. The van der Waals surface area contributed by atoms with Crippen LogP contribution in [0.25, 0.3) is 0 Å². The van der Waals surface area contributed by atoms with Gasteiger partial charge in [0.25, 0.3) is 0 Å². The molecule has 4 heteroatoms. The Balaban J connectivity index is 1.98. The van der Waals surface area contributed by atoms with Crippen molar-refractivity contribution in [3.63, 3.8) is 0 Å². The van der Waals surface area contributed by atoms with Crippen molar-refractivity contribution in [3.05, 3.63) is 53.6 Å². The predicted octanol–water partition coefficient (Wildman–Crippen LogP) is 3.72. The zero-order valence-electron chi connectivity index (χ0n) is 12.4. The number of hydrogen-bond donors (Lipinski definition) is 1. The quantitative estimate of drug-likeness (QED) is 0.913. The summed E-state index contributed by atoms with van der Waals surface area (Å²) in [6.07, 6.45) is -0.154. The lowest BCUT2D eigenvalue weighted by Crippen LogP contribution is -2.40. The van der Waals surface area contributed by atoms with Gasteiger partial charge in [0.2, 0.25) is 0 Å². The number of aryl methyl sites for hydroxylation is 1. The normalized spacial score (nSPS) is 20.7. The third kappa shape index (κ3) is 2.43. The second-order valence-electron chi connectivity index (χ2n) is 5.36. The Morgan fingerprint density at radius 2 is 1.86 bits per heavy atom. The van der Waals surface area contributed by atoms with E-state index in [1.165, 1.54) is 5.06 Å². The van der Waals surface area contributed by atoms with E-state index in [0.717, 1.165) is 16.9 Å². The highest BCUT2D eigenvalue weighted by atomic mass is 16.5. The minimum atomic E-state index is -0.245. The lowest BCUT2D eigenvalue weighted by Gasteiger charge is -2.38. The van der Waals surface area contributed by atoms with Gasteiger partial charge in [-0.2, -0.15) is 0 Å². The molecule has 0 saturated carbocycles. The Morgan fingerprint density at radius 3 is 2.52 bits per heavy atom. The Morgan fingerprint density at radius 1 is 1.14 bits per heavy atom. The van der Waals surface area contributed by atoms with Crippen molar-refractivity contribution in [2.24, 2.45) is 0 Å². The maximum Gasteiger partial charge on any atom is 0.145 e. The number of benzene rings is 2. The molecule has 0 aromatic heterocycles. The molecule has 2 aromatic carbocycles. The van der Waals surface area contributed by atoms with Gasteiger partial charge < -0.3 is 9.47 Å². The average Bonchev–Trinajstić information content (AvgIpc) is 2.49. The molecule has 2 unspecified atom stereocenters. The van der Waals surface area contributed by atoms with Gasteiger partial charge in [0.1, 0.15) is 29.3 Å². The van der Waals surface area contributed by atoms with Gasteiger partial charge in [0, 0.05) is 0 Å². The molecule has 1 heterocycles. The van der Waals surface area contributed by atoms with Crippen LogP contribution in [-0.2, 0) is 0 Å². The monoisotopic (exact) mass is 285 g/mol. The molecule has 1 aliphatic heterocycles. The highest BCUT2D eigenvalue weighted by Gasteiger charge is 2.34. The summed E-state index contributed by atoms with van der Waals surface area (Å²) in [4.78, 5) is 0. The van der Waals surface area contributed by atoms with Gasteiger partial charge in [-0.25, -0.2) is 5.06 Å². The minimum Gasteiger partial charge on any atom is -0.497 e. The van der Waals surface area contributed by atoms with Crippen molar-refractivity contribution in [1.29, 1.82) is 0 Å². The van der Waals surface area contributed by atoms with Gasteiger partial charge in [-0.1, -0.05) is 18.2 Å². The Kier molecular flexibility index (Phi) is 3.47. The smallest absolute Gasteiger partial charge is 0.145 e. The second kappa shape index (κ2) is 5.30. The molecule has 3 rings (SSSR count). The number of methoxy groups -OCH3 is 1. The van der Waals surface area contributed by atoms with Crippen molar-refractivity contribution in [1.82, 2.24) is 0 Å².